The van der Waals surface area contributed by atoms with E-state index >= 15 is 0 Å². The minimum atomic E-state index is -0.269. The summed E-state index contributed by atoms with van der Waals surface area (Å²) in [5.41, 5.74) is 7.53. The molecule has 1 aromatic carbocycles. The Kier molecular flexibility index (Phi) is 1.93. The first-order valence-corrected chi connectivity index (χ1v) is 4.41. The first kappa shape index (κ1) is 8.10. The van der Waals surface area contributed by atoms with Crippen molar-refractivity contribution < 1.29 is 4.79 Å². The van der Waals surface area contributed by atoms with Crippen LogP contribution >= 0.6 is 0 Å². The Hall–Kier alpha value is -1.51. The normalized spacial score (nSPS) is 20.2. The average Bonchev–Trinajstić information content (AvgIpc) is 2.17. The van der Waals surface area contributed by atoms with Crippen molar-refractivity contribution in [3.05, 3.63) is 29.8 Å². The van der Waals surface area contributed by atoms with Crippen molar-refractivity contribution in [1.82, 2.24) is 0 Å². The van der Waals surface area contributed by atoms with Gasteiger partial charge >= 0.3 is 0 Å². The predicted octanol–water partition coefficient (Wildman–Crippen LogP) is 0.899. The van der Waals surface area contributed by atoms with Crippen LogP contribution in [0.2, 0.25) is 0 Å². The van der Waals surface area contributed by atoms with Crippen LogP contribution < -0.4 is 11.1 Å². The smallest absolute Gasteiger partial charge is 0.239 e. The summed E-state index contributed by atoms with van der Waals surface area (Å²) in [7, 11) is 0. The number of aryl methyl sites for hydroxylation is 1. The molecule has 0 spiro atoms. The van der Waals surface area contributed by atoms with Crippen LogP contribution in [0.25, 0.3) is 0 Å². The van der Waals surface area contributed by atoms with Crippen LogP contribution in [0.5, 0.6) is 0 Å². The number of primary amides is 1. The molecule has 13 heavy (non-hydrogen) atoms. The van der Waals surface area contributed by atoms with E-state index in [-0.39, 0.29) is 11.9 Å². The molecule has 1 aromatic rings. The fourth-order valence-electron chi connectivity index (χ4n) is 1.65. The molecule has 0 aliphatic carbocycles. The largest absolute Gasteiger partial charge is 0.373 e. The molecular weight excluding hydrogens is 164 g/mol. The summed E-state index contributed by atoms with van der Waals surface area (Å²) in [6.45, 7) is 0. The summed E-state index contributed by atoms with van der Waals surface area (Å²) in [6, 6.07) is 7.81. The third-order valence-corrected chi connectivity index (χ3v) is 2.39. The van der Waals surface area contributed by atoms with Gasteiger partial charge in [0.25, 0.3) is 0 Å². The van der Waals surface area contributed by atoms with Crippen LogP contribution in [0.15, 0.2) is 24.3 Å². The maximum atomic E-state index is 10.9. The fraction of sp³-hybridized carbons (Fsp3) is 0.300. The molecule has 0 radical (unpaired) electrons. The fourth-order valence-corrected chi connectivity index (χ4v) is 1.65. The standard InChI is InChI=1S/C10H12N2O/c11-10(13)9-6-5-7-3-1-2-4-8(7)12-9/h1-4,9,12H,5-6H2,(H2,11,13)/t9-/m1/s1. The number of carbonyl (C=O) groups excluding carboxylic acids is 1. The molecule has 0 saturated carbocycles. The van der Waals surface area contributed by atoms with Crippen molar-refractivity contribution in [3.63, 3.8) is 0 Å². The molecule has 0 bridgehead atoms. The van der Waals surface area contributed by atoms with Gasteiger partial charge in [0, 0.05) is 5.69 Å². The molecule has 1 aliphatic heterocycles. The lowest BCUT2D eigenvalue weighted by Crippen LogP contribution is -2.38. The number of hydrogen-bond acceptors (Lipinski definition) is 2. The summed E-state index contributed by atoms with van der Waals surface area (Å²) < 4.78 is 0. The highest BCUT2D eigenvalue weighted by molar-refractivity contribution is 5.84. The van der Waals surface area contributed by atoms with Crippen LogP contribution in [0.4, 0.5) is 5.69 Å². The summed E-state index contributed by atoms with van der Waals surface area (Å²) in [4.78, 5) is 10.9. The quantitative estimate of drug-likeness (QED) is 0.668. The average molecular weight is 176 g/mol. The summed E-state index contributed by atoms with van der Waals surface area (Å²) in [5, 5.41) is 3.12. The molecule has 0 saturated heterocycles. The summed E-state index contributed by atoms with van der Waals surface area (Å²) >= 11 is 0. The Morgan fingerprint density at radius 1 is 1.46 bits per heavy atom. The first-order valence-electron chi connectivity index (χ1n) is 4.41. The Labute approximate surface area is 76.9 Å². The highest BCUT2D eigenvalue weighted by atomic mass is 16.1. The minimum absolute atomic E-state index is 0.199. The van der Waals surface area contributed by atoms with Crippen molar-refractivity contribution in [2.45, 2.75) is 18.9 Å². The van der Waals surface area contributed by atoms with E-state index < -0.39 is 0 Å². The number of rotatable bonds is 1. The summed E-state index contributed by atoms with van der Waals surface area (Å²) in [6.07, 6.45) is 1.73. The molecule has 1 atom stereocenters. The van der Waals surface area contributed by atoms with E-state index in [0.717, 1.165) is 18.5 Å². The van der Waals surface area contributed by atoms with E-state index in [1.54, 1.807) is 0 Å². The van der Waals surface area contributed by atoms with E-state index in [2.05, 4.69) is 11.4 Å². The lowest BCUT2D eigenvalue weighted by atomic mass is 9.98. The van der Waals surface area contributed by atoms with E-state index in [4.69, 9.17) is 5.73 Å². The van der Waals surface area contributed by atoms with Crippen molar-refractivity contribution in [3.8, 4) is 0 Å². The molecular formula is C10H12N2O. The maximum absolute atomic E-state index is 10.9. The van der Waals surface area contributed by atoms with Gasteiger partial charge in [-0.25, -0.2) is 0 Å². The number of hydrogen-bond donors (Lipinski definition) is 2. The zero-order valence-electron chi connectivity index (χ0n) is 7.29. The van der Waals surface area contributed by atoms with Crippen LogP contribution in [0, 0.1) is 0 Å². The topological polar surface area (TPSA) is 55.1 Å². The van der Waals surface area contributed by atoms with Crippen molar-refractivity contribution >= 4 is 11.6 Å². The third-order valence-electron chi connectivity index (χ3n) is 2.39. The predicted molar refractivity (Wildman–Crippen MR) is 51.4 cm³/mol. The van der Waals surface area contributed by atoms with Gasteiger partial charge in [-0.05, 0) is 24.5 Å². The monoisotopic (exact) mass is 176 g/mol. The van der Waals surface area contributed by atoms with Crippen LogP contribution in [0.3, 0.4) is 0 Å². The van der Waals surface area contributed by atoms with Gasteiger partial charge in [-0.1, -0.05) is 18.2 Å². The second-order valence-corrected chi connectivity index (χ2v) is 3.30. The zero-order valence-corrected chi connectivity index (χ0v) is 7.29. The number of fused-ring (bicyclic) bond motifs is 1. The van der Waals surface area contributed by atoms with E-state index in [0.29, 0.717) is 0 Å². The number of nitrogens with one attached hydrogen (secondary N) is 1. The van der Waals surface area contributed by atoms with Gasteiger partial charge in [0.15, 0.2) is 0 Å². The highest BCUT2D eigenvalue weighted by Crippen LogP contribution is 2.23. The number of benzene rings is 1. The second kappa shape index (κ2) is 3.09. The molecule has 68 valence electrons. The van der Waals surface area contributed by atoms with Gasteiger partial charge in [-0.3, -0.25) is 4.79 Å². The van der Waals surface area contributed by atoms with Crippen molar-refractivity contribution in [1.29, 1.82) is 0 Å². The number of para-hydroxylation sites is 1. The Morgan fingerprint density at radius 3 is 3.00 bits per heavy atom. The number of anilines is 1. The van der Waals surface area contributed by atoms with Crippen LogP contribution in [-0.4, -0.2) is 11.9 Å². The minimum Gasteiger partial charge on any atom is -0.373 e. The Bertz CT molecular complexity index is 335. The van der Waals surface area contributed by atoms with Gasteiger partial charge in [-0.2, -0.15) is 0 Å². The molecule has 3 heteroatoms. The van der Waals surface area contributed by atoms with Crippen LogP contribution in [0.1, 0.15) is 12.0 Å². The second-order valence-electron chi connectivity index (χ2n) is 3.30. The first-order chi connectivity index (χ1) is 6.27. The van der Waals surface area contributed by atoms with Crippen molar-refractivity contribution in [2.75, 3.05) is 5.32 Å². The maximum Gasteiger partial charge on any atom is 0.239 e. The molecule has 2 rings (SSSR count). The molecule has 3 N–H and O–H groups in total. The highest BCUT2D eigenvalue weighted by Gasteiger charge is 2.20. The molecule has 3 nitrogen and oxygen atoms in total. The van der Waals surface area contributed by atoms with Gasteiger partial charge in [-0.15, -0.1) is 0 Å². The van der Waals surface area contributed by atoms with Gasteiger partial charge in [0.1, 0.15) is 6.04 Å². The molecule has 0 fully saturated rings. The SMILES string of the molecule is NC(=O)[C@H]1CCc2ccccc2N1. The molecule has 1 aliphatic rings. The number of nitrogens with two attached hydrogens (primary N) is 1. The van der Waals surface area contributed by atoms with Crippen molar-refractivity contribution in [2.24, 2.45) is 5.73 Å². The third kappa shape index (κ3) is 1.49. The molecule has 1 heterocycles. The van der Waals surface area contributed by atoms with E-state index in [9.17, 15) is 4.79 Å². The van der Waals surface area contributed by atoms with Gasteiger partial charge in [0.05, 0.1) is 0 Å². The summed E-state index contributed by atoms with van der Waals surface area (Å²) in [5.74, 6) is -0.269. The Balaban J connectivity index is 2.24. The van der Waals surface area contributed by atoms with Gasteiger partial charge in [0.2, 0.25) is 5.91 Å². The number of carbonyl (C=O) groups is 1. The lowest BCUT2D eigenvalue weighted by molar-refractivity contribution is -0.118. The van der Waals surface area contributed by atoms with E-state index in [1.807, 2.05) is 18.2 Å². The lowest BCUT2D eigenvalue weighted by Gasteiger charge is -2.24. The zero-order chi connectivity index (χ0) is 9.26. The van der Waals surface area contributed by atoms with Gasteiger partial charge < -0.3 is 11.1 Å². The Morgan fingerprint density at radius 2 is 2.23 bits per heavy atom. The molecule has 0 unspecified atom stereocenters. The van der Waals surface area contributed by atoms with E-state index in [1.165, 1.54) is 5.56 Å². The molecule has 1 amide bonds. The molecule has 0 aromatic heterocycles. The van der Waals surface area contributed by atoms with Crippen LogP contribution in [-0.2, 0) is 11.2 Å². The number of amides is 1.